The summed E-state index contributed by atoms with van der Waals surface area (Å²) < 4.78 is 11.1. The Morgan fingerprint density at radius 2 is 1.92 bits per heavy atom. The molecule has 0 radical (unpaired) electrons. The van der Waals surface area contributed by atoms with E-state index in [-0.39, 0.29) is 17.4 Å². The Labute approximate surface area is 154 Å². The minimum atomic E-state index is -0.662. The van der Waals surface area contributed by atoms with Crippen LogP contribution >= 0.6 is 0 Å². The molecule has 1 aromatic heterocycles. The largest absolute Gasteiger partial charge is 0.346 e. The summed E-state index contributed by atoms with van der Waals surface area (Å²) in [6, 6.07) is 0. The number of carbonyl (C=O) groups is 1. The second-order valence-corrected chi connectivity index (χ2v) is 6.96. The van der Waals surface area contributed by atoms with Crippen LogP contribution in [-0.2, 0) is 27.2 Å². The van der Waals surface area contributed by atoms with Crippen LogP contribution in [0.1, 0.15) is 69.3 Å². The van der Waals surface area contributed by atoms with Crippen LogP contribution < -0.4 is 5.56 Å². The molecule has 3 rings (SSSR count). The van der Waals surface area contributed by atoms with Crippen LogP contribution in [0.2, 0.25) is 0 Å². The SMILES string of the molecule is CCOC(OCC)c1nc2c(c(=O)[nH]1)CN(C(=O)C1CCCCC1)CC2. The molecule has 0 unspecified atom stereocenters. The molecule has 1 aliphatic heterocycles. The van der Waals surface area contributed by atoms with Gasteiger partial charge in [-0.2, -0.15) is 0 Å². The molecule has 1 amide bonds. The Hall–Kier alpha value is -1.73. The van der Waals surface area contributed by atoms with Crippen molar-refractivity contribution < 1.29 is 14.3 Å². The van der Waals surface area contributed by atoms with Gasteiger partial charge in [0.15, 0.2) is 5.82 Å². The first-order chi connectivity index (χ1) is 12.6. The minimum Gasteiger partial charge on any atom is -0.346 e. The molecule has 26 heavy (non-hydrogen) atoms. The molecule has 0 atom stereocenters. The van der Waals surface area contributed by atoms with Crippen molar-refractivity contribution in [2.75, 3.05) is 19.8 Å². The fraction of sp³-hybridized carbons (Fsp3) is 0.737. The molecule has 144 valence electrons. The van der Waals surface area contributed by atoms with Crippen molar-refractivity contribution in [3.05, 3.63) is 27.4 Å². The molecule has 0 bridgehead atoms. The average molecular weight is 363 g/mol. The van der Waals surface area contributed by atoms with Crippen LogP contribution in [-0.4, -0.2) is 40.5 Å². The Morgan fingerprint density at radius 3 is 2.58 bits per heavy atom. The Morgan fingerprint density at radius 1 is 1.23 bits per heavy atom. The maximum atomic E-state index is 12.8. The first-order valence-corrected chi connectivity index (χ1v) is 9.78. The Kier molecular flexibility index (Phi) is 6.43. The molecule has 2 aliphatic rings. The van der Waals surface area contributed by atoms with Gasteiger partial charge in [0, 0.05) is 32.1 Å². The molecule has 2 heterocycles. The number of amides is 1. The molecule has 7 heteroatoms. The summed E-state index contributed by atoms with van der Waals surface area (Å²) in [4.78, 5) is 34.6. The molecule has 1 aliphatic carbocycles. The van der Waals surface area contributed by atoms with Crippen LogP contribution in [0.25, 0.3) is 0 Å². The smallest absolute Gasteiger partial charge is 0.256 e. The zero-order valence-corrected chi connectivity index (χ0v) is 15.8. The van der Waals surface area contributed by atoms with Crippen molar-refractivity contribution in [3.63, 3.8) is 0 Å². The van der Waals surface area contributed by atoms with Crippen LogP contribution in [0, 0.1) is 5.92 Å². The normalized spacial score (nSPS) is 18.2. The van der Waals surface area contributed by atoms with Crippen molar-refractivity contribution in [1.82, 2.24) is 14.9 Å². The van der Waals surface area contributed by atoms with Gasteiger partial charge in [-0.15, -0.1) is 0 Å². The van der Waals surface area contributed by atoms with E-state index in [1.807, 2.05) is 18.7 Å². The molecule has 0 aromatic carbocycles. The maximum absolute atomic E-state index is 12.8. The van der Waals surface area contributed by atoms with E-state index in [1.165, 1.54) is 6.42 Å². The average Bonchev–Trinajstić information content (AvgIpc) is 2.67. The summed E-state index contributed by atoms with van der Waals surface area (Å²) in [5, 5.41) is 0. The molecule has 0 saturated heterocycles. The van der Waals surface area contributed by atoms with E-state index in [9.17, 15) is 9.59 Å². The number of aromatic amines is 1. The number of nitrogens with zero attached hydrogens (tertiary/aromatic N) is 2. The number of nitrogens with one attached hydrogen (secondary N) is 1. The summed E-state index contributed by atoms with van der Waals surface area (Å²) in [5.74, 6) is 0.724. The fourth-order valence-electron chi connectivity index (χ4n) is 3.86. The number of carbonyl (C=O) groups excluding carboxylic acids is 1. The summed E-state index contributed by atoms with van der Waals surface area (Å²) in [6.45, 7) is 5.65. The van der Waals surface area contributed by atoms with E-state index in [4.69, 9.17) is 9.47 Å². The predicted molar refractivity (Wildman–Crippen MR) is 96.5 cm³/mol. The van der Waals surface area contributed by atoms with Crippen molar-refractivity contribution in [2.24, 2.45) is 5.92 Å². The van der Waals surface area contributed by atoms with E-state index in [1.54, 1.807) is 0 Å². The molecular formula is C19H29N3O4. The van der Waals surface area contributed by atoms with Gasteiger partial charge in [0.25, 0.3) is 5.56 Å². The standard InChI is InChI=1S/C19H29N3O4/c1-3-25-19(26-4-2)16-20-15-10-11-22(12-14(15)17(23)21-16)18(24)13-8-6-5-7-9-13/h13,19H,3-12H2,1-2H3,(H,20,21,23). The summed E-state index contributed by atoms with van der Waals surface area (Å²) in [6.07, 6.45) is 5.35. The highest BCUT2D eigenvalue weighted by Gasteiger charge is 2.30. The van der Waals surface area contributed by atoms with Crippen molar-refractivity contribution in [3.8, 4) is 0 Å². The van der Waals surface area contributed by atoms with Gasteiger partial charge in [-0.05, 0) is 26.7 Å². The third-order valence-corrected chi connectivity index (χ3v) is 5.21. The molecule has 7 nitrogen and oxygen atoms in total. The number of ether oxygens (including phenoxy) is 2. The van der Waals surface area contributed by atoms with Crippen LogP contribution in [0.3, 0.4) is 0 Å². The monoisotopic (exact) mass is 363 g/mol. The number of aromatic nitrogens is 2. The highest BCUT2D eigenvalue weighted by molar-refractivity contribution is 5.79. The van der Waals surface area contributed by atoms with E-state index in [2.05, 4.69) is 9.97 Å². The van der Waals surface area contributed by atoms with E-state index in [0.29, 0.717) is 44.1 Å². The molecule has 1 aromatic rings. The van der Waals surface area contributed by atoms with Crippen LogP contribution in [0.4, 0.5) is 0 Å². The van der Waals surface area contributed by atoms with E-state index < -0.39 is 6.29 Å². The Balaban J connectivity index is 1.77. The topological polar surface area (TPSA) is 84.5 Å². The molecular weight excluding hydrogens is 334 g/mol. The van der Waals surface area contributed by atoms with Gasteiger partial charge >= 0.3 is 0 Å². The molecule has 1 saturated carbocycles. The number of rotatable bonds is 6. The second kappa shape index (κ2) is 8.77. The quantitative estimate of drug-likeness (QED) is 0.784. The Bertz CT molecular complexity index is 676. The summed E-state index contributed by atoms with van der Waals surface area (Å²) in [5.41, 5.74) is 1.15. The van der Waals surface area contributed by atoms with Gasteiger partial charge in [-0.1, -0.05) is 19.3 Å². The molecule has 0 spiro atoms. The zero-order valence-electron chi connectivity index (χ0n) is 15.8. The minimum absolute atomic E-state index is 0.122. The zero-order chi connectivity index (χ0) is 18.5. The third kappa shape index (κ3) is 4.15. The first-order valence-electron chi connectivity index (χ1n) is 9.78. The summed E-state index contributed by atoms with van der Waals surface area (Å²) >= 11 is 0. The summed E-state index contributed by atoms with van der Waals surface area (Å²) in [7, 11) is 0. The fourth-order valence-corrected chi connectivity index (χ4v) is 3.86. The maximum Gasteiger partial charge on any atom is 0.256 e. The van der Waals surface area contributed by atoms with E-state index in [0.717, 1.165) is 31.4 Å². The lowest BCUT2D eigenvalue weighted by Gasteiger charge is -2.32. The van der Waals surface area contributed by atoms with Crippen LogP contribution in [0.5, 0.6) is 0 Å². The van der Waals surface area contributed by atoms with Gasteiger partial charge in [-0.3, -0.25) is 9.59 Å². The van der Waals surface area contributed by atoms with Gasteiger partial charge < -0.3 is 19.4 Å². The molecule has 1 N–H and O–H groups in total. The number of H-pyrrole nitrogens is 1. The van der Waals surface area contributed by atoms with Gasteiger partial charge in [0.1, 0.15) is 0 Å². The van der Waals surface area contributed by atoms with Crippen molar-refractivity contribution >= 4 is 5.91 Å². The van der Waals surface area contributed by atoms with Crippen LogP contribution in [0.15, 0.2) is 4.79 Å². The van der Waals surface area contributed by atoms with Crippen molar-refractivity contribution in [2.45, 2.75) is 65.2 Å². The highest BCUT2D eigenvalue weighted by Crippen LogP contribution is 2.27. The van der Waals surface area contributed by atoms with Crippen molar-refractivity contribution in [1.29, 1.82) is 0 Å². The predicted octanol–water partition coefficient (Wildman–Crippen LogP) is 2.31. The van der Waals surface area contributed by atoms with Gasteiger partial charge in [0.05, 0.1) is 17.8 Å². The molecule has 1 fully saturated rings. The van der Waals surface area contributed by atoms with E-state index >= 15 is 0 Å². The number of hydrogen-bond donors (Lipinski definition) is 1. The number of hydrogen-bond acceptors (Lipinski definition) is 5. The van der Waals surface area contributed by atoms with Gasteiger partial charge in [-0.25, -0.2) is 4.98 Å². The van der Waals surface area contributed by atoms with Gasteiger partial charge in [0.2, 0.25) is 12.2 Å². The second-order valence-electron chi connectivity index (χ2n) is 6.96. The lowest BCUT2D eigenvalue weighted by Crippen LogP contribution is -2.43. The third-order valence-electron chi connectivity index (χ3n) is 5.21. The lowest BCUT2D eigenvalue weighted by molar-refractivity contribution is -0.145. The first kappa shape index (κ1) is 19.0. The highest BCUT2D eigenvalue weighted by atomic mass is 16.7. The lowest BCUT2D eigenvalue weighted by atomic mass is 9.88. The number of fused-ring (bicyclic) bond motifs is 1.